The van der Waals surface area contributed by atoms with Crippen molar-refractivity contribution >= 4 is 11.7 Å². The number of carbonyl (C=O) groups is 2. The van der Waals surface area contributed by atoms with Crippen molar-refractivity contribution in [3.63, 3.8) is 0 Å². The van der Waals surface area contributed by atoms with Gasteiger partial charge in [-0.3, -0.25) is 9.59 Å². The Kier molecular flexibility index (Phi) is 5.90. The molecule has 0 aromatic carbocycles. The van der Waals surface area contributed by atoms with Gasteiger partial charge in [-0.1, -0.05) is 6.08 Å². The Labute approximate surface area is 91.9 Å². The normalized spacial score (nSPS) is 11.7. The van der Waals surface area contributed by atoms with Gasteiger partial charge in [0.05, 0.1) is 0 Å². The highest BCUT2D eigenvalue weighted by Gasteiger charge is 2.13. The predicted molar refractivity (Wildman–Crippen MR) is 61.6 cm³/mol. The van der Waals surface area contributed by atoms with E-state index in [1.807, 2.05) is 27.7 Å². The maximum absolute atomic E-state index is 11.4. The van der Waals surface area contributed by atoms with Crippen LogP contribution in [0, 0.1) is 0 Å². The van der Waals surface area contributed by atoms with Crippen molar-refractivity contribution in [3.05, 3.63) is 12.2 Å². The molecule has 0 saturated carbocycles. The van der Waals surface area contributed by atoms with E-state index in [1.165, 1.54) is 0 Å². The lowest BCUT2D eigenvalue weighted by atomic mass is 10.1. The van der Waals surface area contributed by atoms with Gasteiger partial charge < -0.3 is 5.32 Å². The Morgan fingerprint density at radius 2 is 1.80 bits per heavy atom. The fourth-order valence-corrected chi connectivity index (χ4v) is 1.17. The Bertz CT molecular complexity index is 249. The second-order valence-electron chi connectivity index (χ2n) is 4.62. The number of carbonyl (C=O) groups excluding carboxylic acids is 2. The van der Waals surface area contributed by atoms with E-state index in [1.54, 1.807) is 12.2 Å². The van der Waals surface area contributed by atoms with Gasteiger partial charge in [0.15, 0.2) is 5.78 Å². The lowest BCUT2D eigenvalue weighted by molar-refractivity contribution is -0.122. The summed E-state index contributed by atoms with van der Waals surface area (Å²) in [4.78, 5) is 22.4. The molecule has 0 rings (SSSR count). The van der Waals surface area contributed by atoms with Crippen molar-refractivity contribution in [2.45, 2.75) is 52.5 Å². The Morgan fingerprint density at radius 1 is 1.20 bits per heavy atom. The molecular formula is C12H21NO2. The zero-order chi connectivity index (χ0) is 11.9. The van der Waals surface area contributed by atoms with Crippen LogP contribution in [0.1, 0.15) is 47.0 Å². The van der Waals surface area contributed by atoms with Crippen LogP contribution >= 0.6 is 0 Å². The lowest BCUT2D eigenvalue weighted by Gasteiger charge is -2.20. The van der Waals surface area contributed by atoms with Crippen molar-refractivity contribution in [1.82, 2.24) is 5.32 Å². The average Bonchev–Trinajstić information content (AvgIpc) is 2.00. The number of amides is 1. The quantitative estimate of drug-likeness (QED) is 0.709. The molecule has 0 atom stereocenters. The van der Waals surface area contributed by atoms with Gasteiger partial charge in [0, 0.05) is 18.4 Å². The molecule has 0 aromatic heterocycles. The molecule has 3 heteroatoms. The van der Waals surface area contributed by atoms with Crippen LogP contribution in [0.2, 0.25) is 0 Å². The summed E-state index contributed by atoms with van der Waals surface area (Å²) >= 11 is 0. The number of rotatable bonds is 5. The minimum Gasteiger partial charge on any atom is -0.352 e. The van der Waals surface area contributed by atoms with Crippen LogP contribution in [0.15, 0.2) is 12.2 Å². The lowest BCUT2D eigenvalue weighted by Crippen LogP contribution is -2.40. The molecule has 1 N–H and O–H groups in total. The smallest absolute Gasteiger partial charge is 0.220 e. The topological polar surface area (TPSA) is 46.2 Å². The molecule has 0 aromatic rings. The molecule has 3 nitrogen and oxygen atoms in total. The zero-order valence-corrected chi connectivity index (χ0v) is 10.1. The van der Waals surface area contributed by atoms with Crippen molar-refractivity contribution in [1.29, 1.82) is 0 Å². The number of hydrogen-bond donors (Lipinski definition) is 1. The number of ketones is 1. The minimum atomic E-state index is -0.190. The minimum absolute atomic E-state index is 0.00998. The van der Waals surface area contributed by atoms with Gasteiger partial charge in [-0.15, -0.1) is 0 Å². The summed E-state index contributed by atoms with van der Waals surface area (Å²) in [5, 5.41) is 2.86. The SMILES string of the molecule is C/C=C/C(=O)CCCC(=O)NC(C)(C)C. The van der Waals surface area contributed by atoms with Crippen LogP contribution in [-0.4, -0.2) is 17.2 Å². The molecule has 15 heavy (non-hydrogen) atoms. The Morgan fingerprint density at radius 3 is 2.27 bits per heavy atom. The van der Waals surface area contributed by atoms with Gasteiger partial charge in [0.25, 0.3) is 0 Å². The molecule has 0 unspecified atom stereocenters. The molecule has 0 saturated heterocycles. The molecule has 1 amide bonds. The first-order chi connectivity index (χ1) is 6.85. The number of nitrogens with one attached hydrogen (secondary N) is 1. The highest BCUT2D eigenvalue weighted by atomic mass is 16.1. The van der Waals surface area contributed by atoms with Crippen LogP contribution in [0.25, 0.3) is 0 Å². The molecule has 86 valence electrons. The summed E-state index contributed by atoms with van der Waals surface area (Å²) in [6.45, 7) is 7.63. The summed E-state index contributed by atoms with van der Waals surface area (Å²) in [7, 11) is 0. The second-order valence-corrected chi connectivity index (χ2v) is 4.62. The van der Waals surface area contributed by atoms with E-state index < -0.39 is 0 Å². The highest BCUT2D eigenvalue weighted by Crippen LogP contribution is 2.02. The van der Waals surface area contributed by atoms with Crippen LogP contribution in [-0.2, 0) is 9.59 Å². The molecule has 0 aliphatic heterocycles. The summed E-state index contributed by atoms with van der Waals surface area (Å²) < 4.78 is 0. The van der Waals surface area contributed by atoms with Crippen molar-refractivity contribution in [2.75, 3.05) is 0 Å². The van der Waals surface area contributed by atoms with Crippen molar-refractivity contribution < 1.29 is 9.59 Å². The second kappa shape index (κ2) is 6.38. The van der Waals surface area contributed by atoms with E-state index in [9.17, 15) is 9.59 Å². The average molecular weight is 211 g/mol. The maximum atomic E-state index is 11.4. The molecule has 0 heterocycles. The molecule has 0 spiro atoms. The Balaban J connectivity index is 3.69. The summed E-state index contributed by atoms with van der Waals surface area (Å²) in [5.41, 5.74) is -0.190. The highest BCUT2D eigenvalue weighted by molar-refractivity contribution is 5.89. The summed E-state index contributed by atoms with van der Waals surface area (Å²) in [6, 6.07) is 0. The fourth-order valence-electron chi connectivity index (χ4n) is 1.17. The van der Waals surface area contributed by atoms with Crippen molar-refractivity contribution in [3.8, 4) is 0 Å². The molecule has 0 radical (unpaired) electrons. The summed E-state index contributed by atoms with van der Waals surface area (Å²) in [6.07, 6.45) is 4.74. The van der Waals surface area contributed by atoms with Gasteiger partial charge in [0.1, 0.15) is 0 Å². The first-order valence-electron chi connectivity index (χ1n) is 5.31. The first-order valence-corrected chi connectivity index (χ1v) is 5.31. The molecule has 0 aliphatic rings. The van der Waals surface area contributed by atoms with E-state index in [4.69, 9.17) is 0 Å². The molecule has 0 aliphatic carbocycles. The van der Waals surface area contributed by atoms with E-state index in [0.717, 1.165) is 0 Å². The monoisotopic (exact) mass is 211 g/mol. The van der Waals surface area contributed by atoms with Crippen LogP contribution in [0.5, 0.6) is 0 Å². The third-order valence-electron chi connectivity index (χ3n) is 1.69. The van der Waals surface area contributed by atoms with Gasteiger partial charge in [-0.05, 0) is 40.2 Å². The maximum Gasteiger partial charge on any atom is 0.220 e. The van der Waals surface area contributed by atoms with Crippen LogP contribution in [0.4, 0.5) is 0 Å². The fraction of sp³-hybridized carbons (Fsp3) is 0.667. The molecular weight excluding hydrogens is 190 g/mol. The number of allylic oxidation sites excluding steroid dienone is 2. The van der Waals surface area contributed by atoms with Gasteiger partial charge in [0.2, 0.25) is 5.91 Å². The standard InChI is InChI=1S/C12H21NO2/c1-5-7-10(14)8-6-9-11(15)13-12(2,3)4/h5,7H,6,8-9H2,1-4H3,(H,13,15)/b7-5+. The number of hydrogen-bond acceptors (Lipinski definition) is 2. The van der Waals surface area contributed by atoms with Crippen LogP contribution in [0.3, 0.4) is 0 Å². The summed E-state index contributed by atoms with van der Waals surface area (Å²) in [5.74, 6) is 0.0943. The largest absolute Gasteiger partial charge is 0.352 e. The molecule has 0 bridgehead atoms. The Hall–Kier alpha value is -1.12. The van der Waals surface area contributed by atoms with E-state index >= 15 is 0 Å². The van der Waals surface area contributed by atoms with Crippen LogP contribution < -0.4 is 5.32 Å². The van der Waals surface area contributed by atoms with Gasteiger partial charge in [-0.25, -0.2) is 0 Å². The van der Waals surface area contributed by atoms with Gasteiger partial charge >= 0.3 is 0 Å². The van der Waals surface area contributed by atoms with E-state index in [0.29, 0.717) is 19.3 Å². The van der Waals surface area contributed by atoms with Crippen molar-refractivity contribution in [2.24, 2.45) is 0 Å². The zero-order valence-electron chi connectivity index (χ0n) is 10.1. The van der Waals surface area contributed by atoms with Gasteiger partial charge in [-0.2, -0.15) is 0 Å². The predicted octanol–water partition coefficient (Wildman–Crippen LogP) is 2.22. The third-order valence-corrected chi connectivity index (χ3v) is 1.69. The molecule has 0 fully saturated rings. The van der Waals surface area contributed by atoms with E-state index in [-0.39, 0.29) is 17.2 Å². The van der Waals surface area contributed by atoms with E-state index in [2.05, 4.69) is 5.32 Å². The first kappa shape index (κ1) is 13.9. The third kappa shape index (κ3) is 9.19.